The fourth-order valence-electron chi connectivity index (χ4n) is 1.25. The Hall–Kier alpha value is -0.915. The van der Waals surface area contributed by atoms with E-state index in [1.165, 1.54) is 5.60 Å². The van der Waals surface area contributed by atoms with Crippen molar-refractivity contribution >= 4 is 6.71 Å². The molecule has 0 aromatic rings. The van der Waals surface area contributed by atoms with Gasteiger partial charge >= 0.3 is 0 Å². The zero-order valence-corrected chi connectivity index (χ0v) is 5.17. The van der Waals surface area contributed by atoms with Gasteiger partial charge in [-0.1, -0.05) is 18.2 Å². The van der Waals surface area contributed by atoms with E-state index in [2.05, 4.69) is 29.5 Å². The zero-order valence-electron chi connectivity index (χ0n) is 5.17. The number of hydrogen-bond acceptors (Lipinski definition) is 1. The molecule has 0 saturated carbocycles. The van der Waals surface area contributed by atoms with E-state index in [0.717, 1.165) is 6.32 Å². The first-order chi connectivity index (χ1) is 4.47. The van der Waals surface area contributed by atoms with Crippen LogP contribution in [-0.2, 0) is 0 Å². The van der Waals surface area contributed by atoms with E-state index in [4.69, 9.17) is 0 Å². The molecule has 2 aliphatic heterocycles. The summed E-state index contributed by atoms with van der Waals surface area (Å²) in [5.41, 5.74) is 1.34. The molecule has 0 fully saturated rings. The summed E-state index contributed by atoms with van der Waals surface area (Å²) in [6.45, 7) is 0.648. The van der Waals surface area contributed by atoms with Crippen LogP contribution in [0.5, 0.6) is 0 Å². The number of rotatable bonds is 0. The number of nitrogens with one attached hydrogen (secondary N) is 1. The van der Waals surface area contributed by atoms with Crippen LogP contribution >= 0.6 is 0 Å². The molecule has 0 radical (unpaired) electrons. The quantitative estimate of drug-likeness (QED) is 0.469. The second kappa shape index (κ2) is 1.80. The Labute approximate surface area is 55.2 Å². The number of fused-ring (bicyclic) bond motifs is 1. The molecule has 0 bridgehead atoms. The van der Waals surface area contributed by atoms with Gasteiger partial charge in [0.25, 0.3) is 0 Å². The molecule has 2 rings (SSSR count). The first kappa shape index (κ1) is 4.92. The zero-order chi connectivity index (χ0) is 6.10. The molecule has 9 heavy (non-hydrogen) atoms. The van der Waals surface area contributed by atoms with Crippen molar-refractivity contribution in [1.29, 1.82) is 0 Å². The molecular formula is C7H8BN. The van der Waals surface area contributed by atoms with Crippen molar-refractivity contribution in [3.8, 4) is 0 Å². The molecule has 1 nitrogen and oxygen atoms in total. The maximum absolute atomic E-state index is 3.20. The van der Waals surface area contributed by atoms with Gasteiger partial charge < -0.3 is 5.32 Å². The Morgan fingerprint density at radius 2 is 2.56 bits per heavy atom. The van der Waals surface area contributed by atoms with Gasteiger partial charge in [0.2, 0.25) is 6.71 Å². The van der Waals surface area contributed by atoms with Crippen LogP contribution in [0.1, 0.15) is 0 Å². The third kappa shape index (κ3) is 0.708. The number of hydrogen-bond donors (Lipinski definition) is 1. The van der Waals surface area contributed by atoms with Crippen LogP contribution in [0, 0.1) is 0 Å². The lowest BCUT2D eigenvalue weighted by atomic mass is 9.46. The second-order valence-electron chi connectivity index (χ2n) is 2.40. The summed E-state index contributed by atoms with van der Waals surface area (Å²) < 4.78 is 0. The molecule has 0 spiro atoms. The van der Waals surface area contributed by atoms with Gasteiger partial charge in [-0.3, -0.25) is 0 Å². The van der Waals surface area contributed by atoms with Crippen molar-refractivity contribution in [2.24, 2.45) is 0 Å². The average Bonchev–Trinajstić information content (AvgIpc) is 2.33. The molecule has 0 unspecified atom stereocenters. The van der Waals surface area contributed by atoms with Crippen LogP contribution in [0.25, 0.3) is 0 Å². The first-order valence-electron chi connectivity index (χ1n) is 3.27. The summed E-state index contributed by atoms with van der Waals surface area (Å²) >= 11 is 0. The van der Waals surface area contributed by atoms with Gasteiger partial charge in [0.15, 0.2) is 0 Å². The summed E-state index contributed by atoms with van der Waals surface area (Å²) in [6, 6.07) is 0. The molecule has 1 N–H and O–H groups in total. The van der Waals surface area contributed by atoms with Crippen LogP contribution in [0.4, 0.5) is 0 Å². The third-order valence-electron chi connectivity index (χ3n) is 1.78. The monoisotopic (exact) mass is 117 g/mol. The minimum absolute atomic E-state index is 0.648. The van der Waals surface area contributed by atoms with Gasteiger partial charge in [0.05, 0.1) is 0 Å². The maximum atomic E-state index is 3.20. The topological polar surface area (TPSA) is 12.0 Å². The lowest BCUT2D eigenvalue weighted by molar-refractivity contribution is 1.12. The highest BCUT2D eigenvalue weighted by Gasteiger charge is 2.18. The Kier molecular flexibility index (Phi) is 0.981. The van der Waals surface area contributed by atoms with Crippen molar-refractivity contribution in [2.75, 3.05) is 0 Å². The third-order valence-corrected chi connectivity index (χ3v) is 1.78. The minimum atomic E-state index is 0.648. The van der Waals surface area contributed by atoms with Gasteiger partial charge in [-0.2, -0.15) is 0 Å². The summed E-state index contributed by atoms with van der Waals surface area (Å²) in [5.74, 6) is 2.23. The van der Waals surface area contributed by atoms with Crippen LogP contribution in [0.15, 0.2) is 36.0 Å². The first-order valence-corrected chi connectivity index (χ1v) is 3.27. The standard InChI is InChI=1S/C7H8BN/c1-3-7-8(4-1)5-2-6-9-7/h1-4,6,9H,5H2. The Morgan fingerprint density at radius 3 is 3.44 bits per heavy atom. The number of allylic oxidation sites excluding steroid dienone is 3. The van der Waals surface area contributed by atoms with Crippen LogP contribution in [0.3, 0.4) is 0 Å². The molecule has 2 heterocycles. The highest BCUT2D eigenvalue weighted by atomic mass is 14.8. The highest BCUT2D eigenvalue weighted by molar-refractivity contribution is 6.73. The van der Waals surface area contributed by atoms with Crippen LogP contribution < -0.4 is 5.32 Å². The minimum Gasteiger partial charge on any atom is -0.373 e. The largest absolute Gasteiger partial charge is 0.373 e. The normalized spacial score (nSPS) is 21.3. The Balaban J connectivity index is 2.27. The molecule has 0 amide bonds. The van der Waals surface area contributed by atoms with E-state index < -0.39 is 0 Å². The van der Waals surface area contributed by atoms with E-state index in [1.54, 1.807) is 0 Å². The van der Waals surface area contributed by atoms with Crippen LogP contribution in [-0.4, -0.2) is 6.71 Å². The molecular weight excluding hydrogens is 109 g/mol. The smallest absolute Gasteiger partial charge is 0.226 e. The van der Waals surface area contributed by atoms with Crippen molar-refractivity contribution < 1.29 is 0 Å². The predicted molar refractivity (Wildman–Crippen MR) is 40.1 cm³/mol. The average molecular weight is 117 g/mol. The van der Waals surface area contributed by atoms with Crippen molar-refractivity contribution in [2.45, 2.75) is 6.32 Å². The molecule has 2 heteroatoms. The van der Waals surface area contributed by atoms with Crippen molar-refractivity contribution in [3.63, 3.8) is 0 Å². The van der Waals surface area contributed by atoms with E-state index >= 15 is 0 Å². The van der Waals surface area contributed by atoms with E-state index in [-0.39, 0.29) is 0 Å². The molecule has 0 saturated heterocycles. The summed E-state index contributed by atoms with van der Waals surface area (Å²) in [4.78, 5) is 0. The fraction of sp³-hybridized carbons (Fsp3) is 0.143. The highest BCUT2D eigenvalue weighted by Crippen LogP contribution is 2.14. The van der Waals surface area contributed by atoms with Gasteiger partial charge in [-0.05, 0) is 18.1 Å². The van der Waals surface area contributed by atoms with Gasteiger partial charge in [0, 0.05) is 0 Å². The van der Waals surface area contributed by atoms with Crippen molar-refractivity contribution in [3.05, 3.63) is 36.0 Å². The van der Waals surface area contributed by atoms with Gasteiger partial charge in [-0.25, -0.2) is 0 Å². The summed E-state index contributed by atoms with van der Waals surface area (Å²) in [7, 11) is 0. The predicted octanol–water partition coefficient (Wildman–Crippen LogP) is 1.13. The van der Waals surface area contributed by atoms with Crippen LogP contribution in [0.2, 0.25) is 6.32 Å². The fourth-order valence-corrected chi connectivity index (χ4v) is 1.25. The van der Waals surface area contributed by atoms with E-state index in [9.17, 15) is 0 Å². The summed E-state index contributed by atoms with van der Waals surface area (Å²) in [5, 5.41) is 3.20. The Bertz CT molecular complexity index is 203. The van der Waals surface area contributed by atoms with Crippen molar-refractivity contribution in [1.82, 2.24) is 5.32 Å². The second-order valence-corrected chi connectivity index (χ2v) is 2.40. The lowest BCUT2D eigenvalue weighted by Gasteiger charge is -2.12. The summed E-state index contributed by atoms with van der Waals surface area (Å²) in [6.07, 6.45) is 9.58. The molecule has 0 aromatic heterocycles. The van der Waals surface area contributed by atoms with E-state index in [1.807, 2.05) is 6.20 Å². The maximum Gasteiger partial charge on any atom is 0.226 e. The molecule has 2 aliphatic rings. The van der Waals surface area contributed by atoms with Gasteiger partial charge in [-0.15, -0.1) is 5.98 Å². The van der Waals surface area contributed by atoms with E-state index in [0.29, 0.717) is 6.71 Å². The molecule has 0 aromatic carbocycles. The Morgan fingerprint density at radius 1 is 1.56 bits per heavy atom. The molecule has 0 aliphatic carbocycles. The SMILES string of the molecule is C1=CB2CC=CNC2=C1. The lowest BCUT2D eigenvalue weighted by Crippen LogP contribution is -2.23. The molecule has 44 valence electrons. The molecule has 0 atom stereocenters. The van der Waals surface area contributed by atoms with Gasteiger partial charge in [0.1, 0.15) is 0 Å².